The molecule has 0 fully saturated rings. The third-order valence-corrected chi connectivity index (χ3v) is 4.42. The van der Waals surface area contributed by atoms with Crippen molar-refractivity contribution in [3.8, 4) is 0 Å². The van der Waals surface area contributed by atoms with Crippen LogP contribution in [0.3, 0.4) is 0 Å². The van der Waals surface area contributed by atoms with E-state index in [4.69, 9.17) is 4.74 Å². The van der Waals surface area contributed by atoms with Gasteiger partial charge in [0.25, 0.3) is 5.91 Å². The minimum Gasteiger partial charge on any atom is -1.00 e. The van der Waals surface area contributed by atoms with Gasteiger partial charge in [0.2, 0.25) is 0 Å². The number of benzene rings is 1. The van der Waals surface area contributed by atoms with Crippen LogP contribution in [-0.4, -0.2) is 49.1 Å². The fourth-order valence-electron chi connectivity index (χ4n) is 2.21. The summed E-state index contributed by atoms with van der Waals surface area (Å²) in [6.07, 6.45) is 0. The Kier molecular flexibility index (Phi) is 9.09. The van der Waals surface area contributed by atoms with E-state index in [1.165, 1.54) is 0 Å². The van der Waals surface area contributed by atoms with Gasteiger partial charge in [0, 0.05) is 5.69 Å². The summed E-state index contributed by atoms with van der Waals surface area (Å²) in [6, 6.07) is 6.62. The highest BCUT2D eigenvalue weighted by Crippen LogP contribution is 2.15. The summed E-state index contributed by atoms with van der Waals surface area (Å²) in [5, 5.41) is 2.91. The van der Waals surface area contributed by atoms with E-state index in [9.17, 15) is 9.59 Å². The number of carbonyl (C=O) groups is 2. The number of hydrogen-bond acceptors (Lipinski definition) is 3. The highest BCUT2D eigenvalue weighted by atomic mass is 79.9. The molecule has 0 aromatic heterocycles. The molecule has 1 aromatic carbocycles. The molecule has 6 heteroatoms. The summed E-state index contributed by atoms with van der Waals surface area (Å²) in [4.78, 5) is 24.0. The summed E-state index contributed by atoms with van der Waals surface area (Å²) in [6.45, 7) is 10.0. The number of carbonyl (C=O) groups excluding carboxylic acids is 2. The Morgan fingerprint density at radius 1 is 1.13 bits per heavy atom. The molecule has 5 nitrogen and oxygen atoms in total. The third kappa shape index (κ3) is 5.62. The van der Waals surface area contributed by atoms with Gasteiger partial charge in [0.15, 0.2) is 6.04 Å². The molecule has 130 valence electrons. The second-order valence-electron chi connectivity index (χ2n) is 5.57. The molecular weight excluding hydrogens is 360 g/mol. The molecule has 1 amide bonds. The van der Waals surface area contributed by atoms with Crippen molar-refractivity contribution >= 4 is 17.6 Å². The Labute approximate surface area is 149 Å². The fraction of sp³-hybridized carbons (Fsp3) is 0.529. The van der Waals surface area contributed by atoms with Crippen LogP contribution in [-0.2, 0) is 9.53 Å². The molecule has 1 atom stereocenters. The zero-order valence-corrected chi connectivity index (χ0v) is 16.1. The lowest BCUT2D eigenvalue weighted by Gasteiger charge is -2.37. The average Bonchev–Trinajstić information content (AvgIpc) is 2.54. The normalized spacial score (nSPS) is 12.0. The van der Waals surface area contributed by atoms with E-state index in [1.807, 2.05) is 6.92 Å². The predicted octanol–water partition coefficient (Wildman–Crippen LogP) is -0.319. The highest BCUT2D eigenvalue weighted by Gasteiger charge is 2.31. The molecule has 1 N–H and O–H groups in total. The van der Waals surface area contributed by atoms with Crippen molar-refractivity contribution in [1.82, 2.24) is 0 Å². The third-order valence-electron chi connectivity index (χ3n) is 4.42. The lowest BCUT2D eigenvalue weighted by atomic mass is 10.1. The Bertz CT molecular complexity index is 513. The van der Waals surface area contributed by atoms with Gasteiger partial charge in [0.05, 0.1) is 32.3 Å². The molecule has 0 aliphatic heterocycles. The van der Waals surface area contributed by atoms with Crippen molar-refractivity contribution < 1.29 is 35.8 Å². The second kappa shape index (κ2) is 9.67. The lowest BCUT2D eigenvalue weighted by Crippen LogP contribution is -3.00. The molecule has 0 bridgehead atoms. The monoisotopic (exact) mass is 386 g/mol. The molecule has 1 rings (SSSR count). The van der Waals surface area contributed by atoms with E-state index < -0.39 is 0 Å². The van der Waals surface area contributed by atoms with Crippen LogP contribution in [0.4, 0.5) is 5.69 Å². The van der Waals surface area contributed by atoms with Crippen molar-refractivity contribution in [1.29, 1.82) is 0 Å². The Balaban J connectivity index is 0.00000484. The van der Waals surface area contributed by atoms with E-state index in [0.717, 1.165) is 13.1 Å². The van der Waals surface area contributed by atoms with Gasteiger partial charge in [-0.05, 0) is 52.0 Å². The summed E-state index contributed by atoms with van der Waals surface area (Å²) in [5.41, 5.74) is 1.17. The van der Waals surface area contributed by atoms with Crippen LogP contribution in [0.25, 0.3) is 0 Å². The number of nitrogens with zero attached hydrogens (tertiary/aromatic N) is 1. The minimum absolute atomic E-state index is 0. The first-order valence-corrected chi connectivity index (χ1v) is 7.80. The molecule has 0 aliphatic carbocycles. The number of hydrogen-bond donors (Lipinski definition) is 1. The van der Waals surface area contributed by atoms with Crippen molar-refractivity contribution in [2.24, 2.45) is 0 Å². The molecular formula is C17H27BrN2O3. The van der Waals surface area contributed by atoms with Gasteiger partial charge in [-0.25, -0.2) is 4.79 Å². The smallest absolute Gasteiger partial charge is 0.338 e. The lowest BCUT2D eigenvalue weighted by molar-refractivity contribution is -0.919. The summed E-state index contributed by atoms with van der Waals surface area (Å²) in [5.74, 6) is -0.370. The quantitative estimate of drug-likeness (QED) is 0.516. The average molecular weight is 387 g/mol. The maximum absolute atomic E-state index is 12.4. The summed E-state index contributed by atoms with van der Waals surface area (Å²) >= 11 is 0. The fourth-order valence-corrected chi connectivity index (χ4v) is 2.21. The standard InChI is InChI=1S/C17H26N2O3.BrH/c1-6-19(5,7-2)13(4)16(20)18-15-11-9-14(10-12-15)17(21)22-8-3;/h9-13H,6-8H2,1-5H3;1H. The van der Waals surface area contributed by atoms with E-state index >= 15 is 0 Å². The van der Waals surface area contributed by atoms with Gasteiger partial charge >= 0.3 is 5.97 Å². The highest BCUT2D eigenvalue weighted by molar-refractivity contribution is 5.95. The van der Waals surface area contributed by atoms with Crippen molar-refractivity contribution in [3.63, 3.8) is 0 Å². The van der Waals surface area contributed by atoms with Crippen LogP contribution in [0.1, 0.15) is 38.1 Å². The second-order valence-corrected chi connectivity index (χ2v) is 5.57. The maximum Gasteiger partial charge on any atom is 0.338 e. The number of esters is 1. The van der Waals surface area contributed by atoms with Crippen molar-refractivity contribution in [3.05, 3.63) is 29.8 Å². The number of nitrogens with one attached hydrogen (secondary N) is 1. The first-order chi connectivity index (χ1) is 10.4. The van der Waals surface area contributed by atoms with Crippen LogP contribution in [0.15, 0.2) is 24.3 Å². The van der Waals surface area contributed by atoms with E-state index in [-0.39, 0.29) is 34.9 Å². The number of amides is 1. The molecule has 0 saturated heterocycles. The Hall–Kier alpha value is -1.40. The van der Waals surface area contributed by atoms with Gasteiger partial charge in [-0.3, -0.25) is 4.79 Å². The van der Waals surface area contributed by atoms with Crippen LogP contribution in [0, 0.1) is 0 Å². The van der Waals surface area contributed by atoms with Crippen molar-refractivity contribution in [2.75, 3.05) is 32.1 Å². The Morgan fingerprint density at radius 2 is 1.65 bits per heavy atom. The number of likely N-dealkylation sites (N-methyl/N-ethyl adjacent to an activating group) is 1. The molecule has 0 spiro atoms. The van der Waals surface area contributed by atoms with Crippen molar-refractivity contribution in [2.45, 2.75) is 33.7 Å². The molecule has 23 heavy (non-hydrogen) atoms. The number of halogens is 1. The number of ether oxygens (including phenoxy) is 1. The van der Waals surface area contributed by atoms with Gasteiger partial charge in [-0.15, -0.1) is 0 Å². The topological polar surface area (TPSA) is 55.4 Å². The molecule has 0 aliphatic rings. The first kappa shape index (κ1) is 21.6. The SMILES string of the molecule is CCOC(=O)c1ccc(NC(=O)C(C)[N+](C)(CC)CC)cc1.[Br-]. The van der Waals surface area contributed by atoms with E-state index in [1.54, 1.807) is 31.2 Å². The zero-order chi connectivity index (χ0) is 16.8. The zero-order valence-electron chi connectivity index (χ0n) is 14.6. The molecule has 0 heterocycles. The van der Waals surface area contributed by atoms with Gasteiger partial charge in [-0.2, -0.15) is 0 Å². The largest absolute Gasteiger partial charge is 1.00 e. The summed E-state index contributed by atoms with van der Waals surface area (Å²) in [7, 11) is 2.08. The Morgan fingerprint density at radius 3 is 2.09 bits per heavy atom. The van der Waals surface area contributed by atoms with Gasteiger partial charge < -0.3 is 31.5 Å². The number of quaternary nitrogens is 1. The number of rotatable bonds is 7. The van der Waals surface area contributed by atoms with Crippen LogP contribution < -0.4 is 22.3 Å². The predicted molar refractivity (Wildman–Crippen MR) is 87.8 cm³/mol. The molecule has 1 unspecified atom stereocenters. The number of anilines is 1. The van der Waals surface area contributed by atoms with Gasteiger partial charge in [-0.1, -0.05) is 0 Å². The molecule has 1 aromatic rings. The minimum atomic E-state index is -0.352. The summed E-state index contributed by atoms with van der Waals surface area (Å²) < 4.78 is 5.62. The maximum atomic E-state index is 12.4. The van der Waals surface area contributed by atoms with E-state index in [0.29, 0.717) is 22.3 Å². The van der Waals surface area contributed by atoms with E-state index in [2.05, 4.69) is 26.2 Å². The van der Waals surface area contributed by atoms with Crippen LogP contribution >= 0.6 is 0 Å². The van der Waals surface area contributed by atoms with Gasteiger partial charge in [0.1, 0.15) is 0 Å². The van der Waals surface area contributed by atoms with Crippen LogP contribution in [0.2, 0.25) is 0 Å². The first-order valence-electron chi connectivity index (χ1n) is 7.80. The van der Waals surface area contributed by atoms with Crippen LogP contribution in [0.5, 0.6) is 0 Å². The molecule has 0 saturated carbocycles. The molecule has 0 radical (unpaired) electrons.